The average Bonchev–Trinajstić information content (AvgIpc) is 2.26. The quantitative estimate of drug-likeness (QED) is 0.778. The Kier molecular flexibility index (Phi) is 4.74. The highest BCUT2D eigenvalue weighted by Gasteiger charge is 2.37. The van der Waals surface area contributed by atoms with E-state index in [2.05, 4.69) is 11.8 Å². The van der Waals surface area contributed by atoms with Crippen molar-refractivity contribution in [1.82, 2.24) is 4.90 Å². The number of ether oxygens (including phenoxy) is 1. The molecule has 0 spiro atoms. The van der Waals surface area contributed by atoms with Crippen LogP contribution in [0.25, 0.3) is 0 Å². The molecule has 1 rings (SSSR count). The molecule has 0 saturated carbocycles. The van der Waals surface area contributed by atoms with E-state index in [-0.39, 0.29) is 0 Å². The molecule has 1 saturated heterocycles. The molecule has 1 aliphatic heterocycles. The molecule has 4 nitrogen and oxygen atoms in total. The third-order valence-electron chi connectivity index (χ3n) is 3.78. The number of methoxy groups -OCH3 is 1. The monoisotopic (exact) mass is 229 g/mol. The van der Waals surface area contributed by atoms with Crippen molar-refractivity contribution in [2.75, 3.05) is 26.8 Å². The Morgan fingerprint density at radius 1 is 1.50 bits per heavy atom. The van der Waals surface area contributed by atoms with Gasteiger partial charge in [0, 0.05) is 19.8 Å². The summed E-state index contributed by atoms with van der Waals surface area (Å²) >= 11 is 0. The third kappa shape index (κ3) is 3.19. The molecule has 0 aromatic carbocycles. The van der Waals surface area contributed by atoms with E-state index in [0.717, 1.165) is 39.0 Å². The zero-order valence-corrected chi connectivity index (χ0v) is 10.5. The van der Waals surface area contributed by atoms with Crippen LogP contribution in [-0.4, -0.2) is 48.8 Å². The highest BCUT2D eigenvalue weighted by atomic mass is 16.5. The molecule has 0 amide bonds. The summed E-state index contributed by atoms with van der Waals surface area (Å²) in [4.78, 5) is 13.5. The molecule has 4 heteroatoms. The second-order valence-electron chi connectivity index (χ2n) is 5.03. The smallest absolute Gasteiger partial charge is 0.309 e. The van der Waals surface area contributed by atoms with E-state index in [1.54, 1.807) is 7.11 Å². The van der Waals surface area contributed by atoms with Crippen LogP contribution in [0.2, 0.25) is 0 Å². The first-order valence-electron chi connectivity index (χ1n) is 5.96. The lowest BCUT2D eigenvalue weighted by Crippen LogP contribution is -2.46. The van der Waals surface area contributed by atoms with Crippen molar-refractivity contribution in [3.63, 3.8) is 0 Å². The number of piperidine rings is 1. The van der Waals surface area contributed by atoms with Crippen molar-refractivity contribution in [1.29, 1.82) is 0 Å². The summed E-state index contributed by atoms with van der Waals surface area (Å²) in [5.74, 6) is -0.656. The lowest BCUT2D eigenvalue weighted by Gasteiger charge is -2.39. The van der Waals surface area contributed by atoms with Crippen LogP contribution in [0.3, 0.4) is 0 Å². The predicted octanol–water partition coefficient (Wildman–Crippen LogP) is 1.60. The normalized spacial score (nSPS) is 22.9. The fourth-order valence-electron chi connectivity index (χ4n) is 2.14. The van der Waals surface area contributed by atoms with Crippen molar-refractivity contribution in [3.05, 3.63) is 0 Å². The second-order valence-corrected chi connectivity index (χ2v) is 5.03. The van der Waals surface area contributed by atoms with Gasteiger partial charge < -0.3 is 14.7 Å². The van der Waals surface area contributed by atoms with Crippen LogP contribution in [0.4, 0.5) is 0 Å². The number of nitrogens with zero attached hydrogens (tertiary/aromatic N) is 1. The van der Waals surface area contributed by atoms with E-state index in [4.69, 9.17) is 9.84 Å². The zero-order valence-electron chi connectivity index (χ0n) is 10.5. The fourth-order valence-corrected chi connectivity index (χ4v) is 2.14. The highest BCUT2D eigenvalue weighted by Crippen LogP contribution is 2.31. The summed E-state index contributed by atoms with van der Waals surface area (Å²) in [5, 5.41) is 9.13. The molecule has 0 aromatic heterocycles. The van der Waals surface area contributed by atoms with Gasteiger partial charge in [-0.1, -0.05) is 0 Å². The molecule has 0 bridgehead atoms. The lowest BCUT2D eigenvalue weighted by molar-refractivity contribution is -0.151. The lowest BCUT2D eigenvalue weighted by atomic mass is 9.80. The highest BCUT2D eigenvalue weighted by molar-refractivity contribution is 5.74. The number of carboxylic acid groups (broad SMARTS) is 1. The van der Waals surface area contributed by atoms with E-state index in [0.29, 0.717) is 6.04 Å². The van der Waals surface area contributed by atoms with E-state index in [9.17, 15) is 4.79 Å². The van der Waals surface area contributed by atoms with Gasteiger partial charge in [-0.25, -0.2) is 0 Å². The van der Waals surface area contributed by atoms with Gasteiger partial charge in [-0.15, -0.1) is 0 Å². The van der Waals surface area contributed by atoms with Gasteiger partial charge in [0.25, 0.3) is 0 Å². The minimum atomic E-state index is -0.656. The average molecular weight is 229 g/mol. The minimum Gasteiger partial charge on any atom is -0.481 e. The topological polar surface area (TPSA) is 49.8 Å². The van der Waals surface area contributed by atoms with Crippen molar-refractivity contribution >= 4 is 5.97 Å². The Bertz CT molecular complexity index is 234. The van der Waals surface area contributed by atoms with Gasteiger partial charge in [-0.3, -0.25) is 4.79 Å². The number of aliphatic carboxylic acids is 1. The number of hydrogen-bond acceptors (Lipinski definition) is 3. The van der Waals surface area contributed by atoms with Gasteiger partial charge in [0.2, 0.25) is 0 Å². The molecule has 1 fully saturated rings. The van der Waals surface area contributed by atoms with Gasteiger partial charge in [0.05, 0.1) is 5.41 Å². The molecule has 1 N–H and O–H groups in total. The van der Waals surface area contributed by atoms with E-state index < -0.39 is 11.4 Å². The number of carboxylic acids is 1. The summed E-state index contributed by atoms with van der Waals surface area (Å²) in [6.07, 6.45) is 2.51. The number of carbonyl (C=O) groups is 1. The summed E-state index contributed by atoms with van der Waals surface area (Å²) in [6, 6.07) is 0.485. The maximum Gasteiger partial charge on any atom is 0.309 e. The molecule has 1 aliphatic rings. The van der Waals surface area contributed by atoms with Crippen LogP contribution in [0.5, 0.6) is 0 Å². The van der Waals surface area contributed by atoms with Crippen LogP contribution in [0.15, 0.2) is 0 Å². The number of likely N-dealkylation sites (tertiary alicyclic amines) is 1. The Labute approximate surface area is 97.6 Å². The number of hydrogen-bond donors (Lipinski definition) is 1. The van der Waals surface area contributed by atoms with Gasteiger partial charge in [0.15, 0.2) is 0 Å². The molecular formula is C12H23NO3. The van der Waals surface area contributed by atoms with Gasteiger partial charge in [0.1, 0.15) is 0 Å². The molecule has 1 unspecified atom stereocenters. The van der Waals surface area contributed by atoms with Crippen LogP contribution in [0.1, 0.15) is 33.1 Å². The second kappa shape index (κ2) is 5.64. The SMILES string of the molecule is COCCC(C)N1CCC(C)(C(=O)O)CC1. The molecule has 94 valence electrons. The molecule has 0 aliphatic carbocycles. The van der Waals surface area contributed by atoms with E-state index in [1.165, 1.54) is 0 Å². The molecule has 0 aromatic rings. The maximum absolute atomic E-state index is 11.1. The molecule has 1 heterocycles. The van der Waals surface area contributed by atoms with Crippen LogP contribution < -0.4 is 0 Å². The predicted molar refractivity (Wildman–Crippen MR) is 62.5 cm³/mol. The van der Waals surface area contributed by atoms with E-state index >= 15 is 0 Å². The van der Waals surface area contributed by atoms with Gasteiger partial charge in [-0.2, -0.15) is 0 Å². The summed E-state index contributed by atoms with van der Waals surface area (Å²) in [6.45, 7) is 6.57. The van der Waals surface area contributed by atoms with Crippen molar-refractivity contribution in [3.8, 4) is 0 Å². The van der Waals surface area contributed by atoms with Crippen molar-refractivity contribution < 1.29 is 14.6 Å². The first-order valence-corrected chi connectivity index (χ1v) is 5.96. The molecular weight excluding hydrogens is 206 g/mol. The first kappa shape index (κ1) is 13.5. The Morgan fingerprint density at radius 3 is 2.50 bits per heavy atom. The Hall–Kier alpha value is -0.610. The van der Waals surface area contributed by atoms with Crippen LogP contribution in [0, 0.1) is 5.41 Å². The zero-order chi connectivity index (χ0) is 12.2. The minimum absolute atomic E-state index is 0.485. The maximum atomic E-state index is 11.1. The summed E-state index contributed by atoms with van der Waals surface area (Å²) in [7, 11) is 1.71. The third-order valence-corrected chi connectivity index (χ3v) is 3.78. The molecule has 0 radical (unpaired) electrons. The fraction of sp³-hybridized carbons (Fsp3) is 0.917. The first-order chi connectivity index (χ1) is 7.49. The standard InChI is InChI=1S/C12H23NO3/c1-10(4-9-16-3)13-7-5-12(2,6-8-13)11(14)15/h10H,4-9H2,1-3H3,(H,14,15). The summed E-state index contributed by atoms with van der Waals surface area (Å²) < 4.78 is 5.06. The summed E-state index contributed by atoms with van der Waals surface area (Å²) in [5.41, 5.74) is -0.516. The van der Waals surface area contributed by atoms with Gasteiger partial charge in [-0.05, 0) is 46.2 Å². The van der Waals surface area contributed by atoms with Crippen LogP contribution >= 0.6 is 0 Å². The number of rotatable bonds is 5. The van der Waals surface area contributed by atoms with Crippen molar-refractivity contribution in [2.45, 2.75) is 39.2 Å². The van der Waals surface area contributed by atoms with Crippen molar-refractivity contribution in [2.24, 2.45) is 5.41 Å². The largest absolute Gasteiger partial charge is 0.481 e. The Balaban J connectivity index is 2.39. The van der Waals surface area contributed by atoms with Crippen LogP contribution in [-0.2, 0) is 9.53 Å². The molecule has 1 atom stereocenters. The Morgan fingerprint density at radius 2 is 2.06 bits per heavy atom. The van der Waals surface area contributed by atoms with Gasteiger partial charge >= 0.3 is 5.97 Å². The van der Waals surface area contributed by atoms with E-state index in [1.807, 2.05) is 6.92 Å². The molecule has 16 heavy (non-hydrogen) atoms.